The van der Waals surface area contributed by atoms with Crippen molar-refractivity contribution in [2.24, 2.45) is 0 Å². The highest BCUT2D eigenvalue weighted by molar-refractivity contribution is 7.89. The van der Waals surface area contributed by atoms with Crippen molar-refractivity contribution in [3.8, 4) is 0 Å². The largest absolute Gasteiger partial charge is 0.365 e. The number of sulfonamides is 1. The van der Waals surface area contributed by atoms with E-state index in [0.29, 0.717) is 38.4 Å². The van der Waals surface area contributed by atoms with E-state index in [1.807, 2.05) is 38.2 Å². The molecule has 29 heavy (non-hydrogen) atoms. The van der Waals surface area contributed by atoms with Crippen LogP contribution in [0.25, 0.3) is 0 Å². The minimum absolute atomic E-state index is 0.0400. The number of nitro groups is 1. The first-order valence-electron chi connectivity index (χ1n) is 9.43. The topological polar surface area (TPSA) is 87.0 Å². The van der Waals surface area contributed by atoms with Crippen molar-refractivity contribution < 1.29 is 13.3 Å². The number of likely N-dealkylation sites (N-methyl/N-ethyl adjacent to an activating group) is 1. The van der Waals surface area contributed by atoms with Gasteiger partial charge in [-0.15, -0.1) is 0 Å². The molecule has 3 rings (SSSR count). The van der Waals surface area contributed by atoms with E-state index >= 15 is 0 Å². The third-order valence-electron chi connectivity index (χ3n) is 5.32. The molecule has 0 N–H and O–H groups in total. The summed E-state index contributed by atoms with van der Waals surface area (Å²) in [6, 6.07) is 12.0. The number of hydrogen-bond donors (Lipinski definition) is 0. The molecule has 2 aromatic carbocycles. The van der Waals surface area contributed by atoms with Crippen molar-refractivity contribution in [3.05, 3.63) is 63.7 Å². The summed E-state index contributed by atoms with van der Waals surface area (Å²) in [6.45, 7) is 4.50. The van der Waals surface area contributed by atoms with Gasteiger partial charge in [-0.1, -0.05) is 24.3 Å². The maximum atomic E-state index is 13.0. The van der Waals surface area contributed by atoms with E-state index in [0.717, 1.165) is 11.1 Å². The highest BCUT2D eigenvalue weighted by atomic mass is 32.2. The molecule has 0 radical (unpaired) electrons. The predicted octanol–water partition coefficient (Wildman–Crippen LogP) is 2.48. The van der Waals surface area contributed by atoms with Crippen LogP contribution in [0.3, 0.4) is 0 Å². The molecule has 8 nitrogen and oxygen atoms in total. The highest BCUT2D eigenvalue weighted by Crippen LogP contribution is 2.32. The third-order valence-corrected chi connectivity index (χ3v) is 7.22. The molecule has 1 aliphatic rings. The van der Waals surface area contributed by atoms with E-state index in [2.05, 4.69) is 4.90 Å². The SMILES string of the molecule is Cc1ccccc1CN(C)c1ccc(S(=O)(=O)N2CCN(C)CC2)cc1[N+](=O)[O-]. The number of rotatable bonds is 6. The molecule has 1 fully saturated rings. The number of anilines is 1. The van der Waals surface area contributed by atoms with Gasteiger partial charge in [0.1, 0.15) is 5.69 Å². The zero-order chi connectivity index (χ0) is 21.2. The maximum Gasteiger partial charge on any atom is 0.293 e. The highest BCUT2D eigenvalue weighted by Gasteiger charge is 2.30. The van der Waals surface area contributed by atoms with Crippen LogP contribution in [0.5, 0.6) is 0 Å². The van der Waals surface area contributed by atoms with Gasteiger partial charge in [0.2, 0.25) is 10.0 Å². The summed E-state index contributed by atoms with van der Waals surface area (Å²) in [4.78, 5) is 15.0. The van der Waals surface area contributed by atoms with Gasteiger partial charge in [-0.3, -0.25) is 10.1 Å². The van der Waals surface area contributed by atoms with Gasteiger partial charge in [0.15, 0.2) is 0 Å². The quantitative estimate of drug-likeness (QED) is 0.529. The Balaban J connectivity index is 1.91. The van der Waals surface area contributed by atoms with E-state index in [1.165, 1.54) is 22.5 Å². The number of nitrogens with zero attached hydrogens (tertiary/aromatic N) is 4. The average Bonchev–Trinajstić information content (AvgIpc) is 2.69. The van der Waals surface area contributed by atoms with Gasteiger partial charge in [-0.25, -0.2) is 8.42 Å². The molecule has 2 aromatic rings. The zero-order valence-electron chi connectivity index (χ0n) is 16.9. The second-order valence-corrected chi connectivity index (χ2v) is 9.34. The Morgan fingerprint density at radius 1 is 1.10 bits per heavy atom. The second-order valence-electron chi connectivity index (χ2n) is 7.40. The first-order chi connectivity index (χ1) is 13.7. The Labute approximate surface area is 171 Å². The minimum Gasteiger partial charge on any atom is -0.365 e. The summed E-state index contributed by atoms with van der Waals surface area (Å²) in [6.07, 6.45) is 0. The summed E-state index contributed by atoms with van der Waals surface area (Å²) < 4.78 is 27.3. The number of piperazine rings is 1. The van der Waals surface area contributed by atoms with Crippen LogP contribution in [0.2, 0.25) is 0 Å². The van der Waals surface area contributed by atoms with Crippen molar-refractivity contribution in [2.45, 2.75) is 18.4 Å². The van der Waals surface area contributed by atoms with Crippen LogP contribution in [-0.4, -0.2) is 62.8 Å². The molecular weight excluding hydrogens is 392 g/mol. The Hall–Kier alpha value is -2.49. The Morgan fingerprint density at radius 2 is 1.76 bits per heavy atom. The van der Waals surface area contributed by atoms with Crippen LogP contribution >= 0.6 is 0 Å². The number of benzene rings is 2. The van der Waals surface area contributed by atoms with Crippen LogP contribution < -0.4 is 4.90 Å². The standard InChI is InChI=1S/C20H26N4O4S/c1-16-6-4-5-7-17(16)15-22(3)19-9-8-18(14-20(19)24(25)26)29(27,28)23-12-10-21(2)11-13-23/h4-9,14H,10-13,15H2,1-3H3. The van der Waals surface area contributed by atoms with Gasteiger partial charge in [0.05, 0.1) is 9.82 Å². The van der Waals surface area contributed by atoms with Gasteiger partial charge in [0.25, 0.3) is 5.69 Å². The summed E-state index contributed by atoms with van der Waals surface area (Å²) in [5.74, 6) is 0. The molecule has 156 valence electrons. The second kappa shape index (κ2) is 8.48. The van der Waals surface area contributed by atoms with E-state index < -0.39 is 14.9 Å². The number of aryl methyl sites for hydroxylation is 1. The first-order valence-corrected chi connectivity index (χ1v) is 10.9. The van der Waals surface area contributed by atoms with Gasteiger partial charge < -0.3 is 9.80 Å². The van der Waals surface area contributed by atoms with Crippen molar-refractivity contribution >= 4 is 21.4 Å². The normalized spacial score (nSPS) is 16.0. The molecule has 0 bridgehead atoms. The molecule has 9 heteroatoms. The fourth-order valence-electron chi connectivity index (χ4n) is 3.44. The fraction of sp³-hybridized carbons (Fsp3) is 0.400. The van der Waals surface area contributed by atoms with Crippen molar-refractivity contribution in [1.82, 2.24) is 9.21 Å². The van der Waals surface area contributed by atoms with Crippen molar-refractivity contribution in [1.29, 1.82) is 0 Å². The monoisotopic (exact) mass is 418 g/mol. The lowest BCUT2D eigenvalue weighted by atomic mass is 10.1. The maximum absolute atomic E-state index is 13.0. The minimum atomic E-state index is -3.77. The predicted molar refractivity (Wildman–Crippen MR) is 113 cm³/mol. The van der Waals surface area contributed by atoms with Crippen molar-refractivity contribution in [2.75, 3.05) is 45.2 Å². The molecule has 1 saturated heterocycles. The zero-order valence-corrected chi connectivity index (χ0v) is 17.7. The molecule has 0 atom stereocenters. The Bertz CT molecular complexity index is 1000. The average molecular weight is 419 g/mol. The molecule has 1 heterocycles. The van der Waals surface area contributed by atoms with E-state index in [-0.39, 0.29) is 10.6 Å². The van der Waals surface area contributed by atoms with Crippen LogP contribution in [-0.2, 0) is 16.6 Å². The van der Waals surface area contributed by atoms with E-state index in [1.54, 1.807) is 11.9 Å². The molecule has 1 aliphatic heterocycles. The van der Waals surface area contributed by atoms with Crippen LogP contribution in [0.4, 0.5) is 11.4 Å². The van der Waals surface area contributed by atoms with Crippen LogP contribution in [0.15, 0.2) is 47.4 Å². The van der Waals surface area contributed by atoms with Crippen LogP contribution in [0.1, 0.15) is 11.1 Å². The summed E-state index contributed by atoms with van der Waals surface area (Å²) in [5.41, 5.74) is 2.32. The molecular formula is C20H26N4O4S. The lowest BCUT2D eigenvalue weighted by molar-refractivity contribution is -0.384. The molecule has 0 amide bonds. The van der Waals surface area contributed by atoms with E-state index in [4.69, 9.17) is 0 Å². The van der Waals surface area contributed by atoms with Gasteiger partial charge in [-0.2, -0.15) is 4.31 Å². The summed E-state index contributed by atoms with van der Waals surface area (Å²) in [7, 11) is -0.0602. The van der Waals surface area contributed by atoms with Gasteiger partial charge in [-0.05, 0) is 37.2 Å². The Morgan fingerprint density at radius 3 is 2.38 bits per heavy atom. The molecule has 0 unspecified atom stereocenters. The summed E-state index contributed by atoms with van der Waals surface area (Å²) >= 11 is 0. The molecule has 0 aromatic heterocycles. The Kier molecular flexibility index (Phi) is 6.21. The fourth-order valence-corrected chi connectivity index (χ4v) is 4.88. The lowest BCUT2D eigenvalue weighted by Gasteiger charge is -2.31. The number of nitro benzene ring substituents is 1. The van der Waals surface area contributed by atoms with E-state index in [9.17, 15) is 18.5 Å². The third kappa shape index (κ3) is 4.58. The van der Waals surface area contributed by atoms with Crippen molar-refractivity contribution in [3.63, 3.8) is 0 Å². The smallest absolute Gasteiger partial charge is 0.293 e. The number of hydrogen-bond acceptors (Lipinski definition) is 6. The first kappa shape index (κ1) is 21.2. The van der Waals surface area contributed by atoms with Gasteiger partial charge >= 0.3 is 0 Å². The molecule has 0 aliphatic carbocycles. The van der Waals surface area contributed by atoms with Crippen LogP contribution in [0, 0.1) is 17.0 Å². The van der Waals surface area contributed by atoms with Gasteiger partial charge in [0, 0.05) is 45.8 Å². The molecule has 0 saturated carbocycles. The lowest BCUT2D eigenvalue weighted by Crippen LogP contribution is -2.47. The molecule has 0 spiro atoms. The summed E-state index contributed by atoms with van der Waals surface area (Å²) in [5, 5.41) is 11.7.